The quantitative estimate of drug-likeness (QED) is 0.639. The van der Waals surface area contributed by atoms with Gasteiger partial charge in [0.25, 0.3) is 5.91 Å². The number of fused-ring (bicyclic) bond motifs is 1. The fourth-order valence-electron chi connectivity index (χ4n) is 3.94. The minimum atomic E-state index is -0.0635. The highest BCUT2D eigenvalue weighted by Gasteiger charge is 2.26. The average molecular weight is 438 g/mol. The van der Waals surface area contributed by atoms with Gasteiger partial charge in [-0.15, -0.1) is 11.3 Å². The highest BCUT2D eigenvalue weighted by Crippen LogP contribution is 2.26. The maximum atomic E-state index is 12.9. The molecule has 0 radical (unpaired) electrons. The average Bonchev–Trinajstić information content (AvgIpc) is 3.12. The molecule has 1 unspecified atom stereocenters. The first-order valence-corrected chi connectivity index (χ1v) is 11.5. The maximum Gasteiger partial charge on any atom is 0.256 e. The molecule has 8 heteroatoms. The molecule has 31 heavy (non-hydrogen) atoms. The summed E-state index contributed by atoms with van der Waals surface area (Å²) < 4.78 is 1.07. The van der Waals surface area contributed by atoms with Gasteiger partial charge in [0.05, 0.1) is 20.8 Å². The van der Waals surface area contributed by atoms with E-state index in [-0.39, 0.29) is 23.7 Å². The summed E-state index contributed by atoms with van der Waals surface area (Å²) in [5.74, 6) is 1.01. The van der Waals surface area contributed by atoms with Gasteiger partial charge in [-0.25, -0.2) is 15.0 Å². The van der Waals surface area contributed by atoms with Crippen LogP contribution in [0.2, 0.25) is 0 Å². The number of hydrogen-bond acceptors (Lipinski definition) is 6. The number of likely N-dealkylation sites (tertiary alicyclic amines) is 1. The van der Waals surface area contributed by atoms with Gasteiger partial charge in [-0.1, -0.05) is 13.8 Å². The van der Waals surface area contributed by atoms with Crippen molar-refractivity contribution in [3.63, 3.8) is 0 Å². The Hall–Kier alpha value is -2.87. The van der Waals surface area contributed by atoms with Crippen LogP contribution in [0.25, 0.3) is 10.2 Å². The van der Waals surface area contributed by atoms with Crippen LogP contribution < -0.4 is 5.32 Å². The number of aromatic nitrogens is 3. The number of amides is 2. The summed E-state index contributed by atoms with van der Waals surface area (Å²) in [7, 11) is 0. The van der Waals surface area contributed by atoms with Crippen molar-refractivity contribution >= 4 is 39.1 Å². The number of carbonyl (C=O) groups excluding carboxylic acids is 2. The van der Waals surface area contributed by atoms with Crippen LogP contribution in [-0.4, -0.2) is 44.8 Å². The number of piperidine rings is 1. The third-order valence-electron chi connectivity index (χ3n) is 5.49. The Balaban J connectivity index is 1.35. The number of hydrogen-bond donors (Lipinski definition) is 1. The molecule has 0 aliphatic carbocycles. The number of carbonyl (C=O) groups is 2. The highest BCUT2D eigenvalue weighted by atomic mass is 32.1. The van der Waals surface area contributed by atoms with Gasteiger partial charge in [0.2, 0.25) is 5.91 Å². The van der Waals surface area contributed by atoms with Crippen LogP contribution in [0.15, 0.2) is 30.6 Å². The van der Waals surface area contributed by atoms with E-state index in [0.717, 1.165) is 39.6 Å². The van der Waals surface area contributed by atoms with E-state index < -0.39 is 0 Å². The van der Waals surface area contributed by atoms with Gasteiger partial charge in [0.1, 0.15) is 5.82 Å². The standard InChI is InChI=1S/C23H27N5O2S/c1-14(2)22-24-11-17(12-25-22)23(30)28-8-4-5-16(13-28)9-21(29)27-18-6-7-19-20(10-18)31-15(3)26-19/h6-7,10-12,14,16H,4-5,8-9,13H2,1-3H3,(H,27,29). The minimum absolute atomic E-state index is 0.0236. The Kier molecular flexibility index (Phi) is 6.27. The lowest BCUT2D eigenvalue weighted by atomic mass is 9.94. The van der Waals surface area contributed by atoms with E-state index in [0.29, 0.717) is 25.1 Å². The van der Waals surface area contributed by atoms with Crippen LogP contribution in [0.1, 0.15) is 60.2 Å². The van der Waals surface area contributed by atoms with Crippen LogP contribution in [-0.2, 0) is 4.79 Å². The van der Waals surface area contributed by atoms with Gasteiger partial charge < -0.3 is 10.2 Å². The number of nitrogens with one attached hydrogen (secondary N) is 1. The second kappa shape index (κ2) is 9.09. The first-order valence-electron chi connectivity index (χ1n) is 10.7. The maximum absolute atomic E-state index is 12.9. The third-order valence-corrected chi connectivity index (χ3v) is 6.43. The first-order chi connectivity index (χ1) is 14.9. The lowest BCUT2D eigenvalue weighted by Crippen LogP contribution is -2.41. The molecule has 0 spiro atoms. The zero-order chi connectivity index (χ0) is 22.0. The highest BCUT2D eigenvalue weighted by molar-refractivity contribution is 7.18. The first kappa shape index (κ1) is 21.4. The zero-order valence-corrected chi connectivity index (χ0v) is 18.9. The lowest BCUT2D eigenvalue weighted by Gasteiger charge is -2.32. The normalized spacial score (nSPS) is 16.6. The molecule has 0 saturated carbocycles. The number of aryl methyl sites for hydroxylation is 1. The Bertz CT molecular complexity index is 1090. The van der Waals surface area contributed by atoms with Gasteiger partial charge in [-0.05, 0) is 43.9 Å². The second-order valence-electron chi connectivity index (χ2n) is 8.41. The van der Waals surface area contributed by atoms with E-state index in [1.165, 1.54) is 0 Å². The molecular weight excluding hydrogens is 410 g/mol. The predicted molar refractivity (Wildman–Crippen MR) is 122 cm³/mol. The van der Waals surface area contributed by atoms with Crippen molar-refractivity contribution in [2.45, 2.75) is 46.0 Å². The molecule has 1 atom stereocenters. The van der Waals surface area contributed by atoms with Crippen LogP contribution >= 0.6 is 11.3 Å². The molecule has 1 fully saturated rings. The van der Waals surface area contributed by atoms with E-state index in [9.17, 15) is 9.59 Å². The molecule has 3 aromatic rings. The van der Waals surface area contributed by atoms with Crippen molar-refractivity contribution in [2.24, 2.45) is 5.92 Å². The van der Waals surface area contributed by atoms with Gasteiger partial charge in [-0.2, -0.15) is 0 Å². The van der Waals surface area contributed by atoms with Crippen molar-refractivity contribution in [3.05, 3.63) is 47.0 Å². The smallest absolute Gasteiger partial charge is 0.256 e. The Morgan fingerprint density at radius 3 is 2.77 bits per heavy atom. The van der Waals surface area contributed by atoms with Crippen molar-refractivity contribution < 1.29 is 9.59 Å². The molecule has 4 rings (SSSR count). The number of rotatable bonds is 5. The van der Waals surface area contributed by atoms with E-state index in [4.69, 9.17) is 0 Å². The number of anilines is 1. The van der Waals surface area contributed by atoms with Crippen LogP contribution in [0, 0.1) is 12.8 Å². The van der Waals surface area contributed by atoms with Gasteiger partial charge in [0, 0.05) is 43.5 Å². The fraction of sp³-hybridized carbons (Fsp3) is 0.435. The summed E-state index contributed by atoms with van der Waals surface area (Å²) >= 11 is 1.62. The van der Waals surface area contributed by atoms with Gasteiger partial charge >= 0.3 is 0 Å². The topological polar surface area (TPSA) is 88.1 Å². The predicted octanol–water partition coefficient (Wildman–Crippen LogP) is 4.40. The van der Waals surface area contributed by atoms with Crippen molar-refractivity contribution in [2.75, 3.05) is 18.4 Å². The van der Waals surface area contributed by atoms with E-state index in [1.54, 1.807) is 23.7 Å². The van der Waals surface area contributed by atoms with Crippen molar-refractivity contribution in [3.8, 4) is 0 Å². The lowest BCUT2D eigenvalue weighted by molar-refractivity contribution is -0.117. The zero-order valence-electron chi connectivity index (χ0n) is 18.1. The SMILES string of the molecule is Cc1nc2ccc(NC(=O)CC3CCCN(C(=O)c4cnc(C(C)C)nc4)C3)cc2s1. The summed E-state index contributed by atoms with van der Waals surface area (Å²) in [6.07, 6.45) is 5.44. The molecule has 2 aromatic heterocycles. The Morgan fingerprint density at radius 1 is 1.26 bits per heavy atom. The van der Waals surface area contributed by atoms with Crippen molar-refractivity contribution in [1.29, 1.82) is 0 Å². The molecular formula is C23H27N5O2S. The molecule has 1 aliphatic heterocycles. The van der Waals surface area contributed by atoms with Crippen molar-refractivity contribution in [1.82, 2.24) is 19.9 Å². The summed E-state index contributed by atoms with van der Waals surface area (Å²) in [4.78, 5) is 40.4. The largest absolute Gasteiger partial charge is 0.338 e. The molecule has 162 valence electrons. The van der Waals surface area contributed by atoms with E-state index in [1.807, 2.05) is 43.9 Å². The molecule has 1 aliphatic rings. The molecule has 7 nitrogen and oxygen atoms in total. The number of benzene rings is 1. The van der Waals surface area contributed by atoms with Gasteiger partial charge in [-0.3, -0.25) is 9.59 Å². The Morgan fingerprint density at radius 2 is 2.03 bits per heavy atom. The molecule has 0 bridgehead atoms. The van der Waals surface area contributed by atoms with Crippen LogP contribution in [0.3, 0.4) is 0 Å². The molecule has 1 N–H and O–H groups in total. The summed E-state index contributed by atoms with van der Waals surface area (Å²) in [6, 6.07) is 5.79. The summed E-state index contributed by atoms with van der Waals surface area (Å²) in [5, 5.41) is 4.01. The summed E-state index contributed by atoms with van der Waals surface area (Å²) in [6.45, 7) is 7.29. The van der Waals surface area contributed by atoms with Gasteiger partial charge in [0.15, 0.2) is 0 Å². The monoisotopic (exact) mass is 437 g/mol. The molecule has 1 aromatic carbocycles. The third kappa shape index (κ3) is 5.07. The van der Waals surface area contributed by atoms with E-state index in [2.05, 4.69) is 20.3 Å². The van der Waals surface area contributed by atoms with Crippen LogP contribution in [0.5, 0.6) is 0 Å². The van der Waals surface area contributed by atoms with E-state index >= 15 is 0 Å². The molecule has 2 amide bonds. The molecule has 1 saturated heterocycles. The van der Waals surface area contributed by atoms with Crippen LogP contribution in [0.4, 0.5) is 5.69 Å². The fourth-order valence-corrected chi connectivity index (χ4v) is 4.80. The number of nitrogens with zero attached hydrogens (tertiary/aromatic N) is 4. The Labute approximate surface area is 185 Å². The minimum Gasteiger partial charge on any atom is -0.338 e. The summed E-state index contributed by atoms with van der Waals surface area (Å²) in [5.41, 5.74) is 2.24. The second-order valence-corrected chi connectivity index (χ2v) is 9.65. The number of thiazole rings is 1. The molecule has 3 heterocycles.